The number of unbranched alkanes of at least 4 members (excludes halogenated alkanes) is 9. The van der Waals surface area contributed by atoms with Gasteiger partial charge in [0.15, 0.2) is 0 Å². The molecule has 0 fully saturated rings. The minimum absolute atomic E-state index is 0.133. The lowest BCUT2D eigenvalue weighted by Crippen LogP contribution is -2.34. The molecule has 0 aromatic heterocycles. The number of hydrogen-bond donors (Lipinski definition) is 2. The fraction of sp³-hybridized carbons (Fsp3) is 0.833. The van der Waals surface area contributed by atoms with E-state index in [2.05, 4.69) is 26.1 Å². The number of allylic oxidation sites excluding steroid dienone is 1. The van der Waals surface area contributed by atoms with E-state index in [1.165, 1.54) is 51.4 Å². The van der Waals surface area contributed by atoms with E-state index in [1.54, 1.807) is 6.08 Å². The van der Waals surface area contributed by atoms with Gasteiger partial charge in [-0.3, -0.25) is 9.59 Å². The third-order valence-electron chi connectivity index (χ3n) is 5.43. The van der Waals surface area contributed by atoms with Gasteiger partial charge in [-0.25, -0.2) is 0 Å². The molecule has 2 unspecified atom stereocenters. The van der Waals surface area contributed by atoms with Crippen molar-refractivity contribution < 1.29 is 14.7 Å². The van der Waals surface area contributed by atoms with Crippen molar-refractivity contribution in [2.24, 2.45) is 11.8 Å². The summed E-state index contributed by atoms with van der Waals surface area (Å²) in [7, 11) is 0. The Hall–Kier alpha value is -1.32. The molecular formula is C24H45NO3. The summed E-state index contributed by atoms with van der Waals surface area (Å²) in [6.07, 6.45) is 19.3. The van der Waals surface area contributed by atoms with Gasteiger partial charge in [-0.2, -0.15) is 0 Å². The van der Waals surface area contributed by atoms with Crippen molar-refractivity contribution in [2.75, 3.05) is 6.54 Å². The number of amides is 1. The summed E-state index contributed by atoms with van der Waals surface area (Å²) in [5.41, 5.74) is 0. The number of carboxylic acid groups (broad SMARTS) is 1. The van der Waals surface area contributed by atoms with Gasteiger partial charge in [-0.15, -0.1) is 0 Å². The van der Waals surface area contributed by atoms with Crippen LogP contribution in [-0.2, 0) is 9.59 Å². The topological polar surface area (TPSA) is 66.4 Å². The predicted molar refractivity (Wildman–Crippen MR) is 118 cm³/mol. The minimum Gasteiger partial charge on any atom is -0.481 e. The highest BCUT2D eigenvalue weighted by Crippen LogP contribution is 2.14. The van der Waals surface area contributed by atoms with Crippen LogP contribution < -0.4 is 5.32 Å². The normalized spacial score (nSPS) is 13.5. The van der Waals surface area contributed by atoms with E-state index in [-0.39, 0.29) is 12.3 Å². The Morgan fingerprint density at radius 2 is 1.50 bits per heavy atom. The molecule has 2 N–H and O–H groups in total. The number of rotatable bonds is 19. The third-order valence-corrected chi connectivity index (χ3v) is 5.43. The van der Waals surface area contributed by atoms with Gasteiger partial charge in [0.1, 0.15) is 0 Å². The van der Waals surface area contributed by atoms with Gasteiger partial charge in [-0.1, -0.05) is 97.1 Å². The van der Waals surface area contributed by atoms with Crippen LogP contribution in [0, 0.1) is 11.8 Å². The third kappa shape index (κ3) is 15.7. The Kier molecular flexibility index (Phi) is 18.1. The van der Waals surface area contributed by atoms with Gasteiger partial charge in [0.05, 0.1) is 12.3 Å². The van der Waals surface area contributed by atoms with Crippen molar-refractivity contribution >= 4 is 11.9 Å². The van der Waals surface area contributed by atoms with E-state index in [9.17, 15) is 9.59 Å². The van der Waals surface area contributed by atoms with Crippen molar-refractivity contribution in [1.29, 1.82) is 0 Å². The number of hydrogen-bond acceptors (Lipinski definition) is 2. The van der Waals surface area contributed by atoms with Crippen LogP contribution in [0.15, 0.2) is 12.2 Å². The predicted octanol–water partition coefficient (Wildman–Crippen LogP) is 6.50. The molecule has 0 rings (SSSR count). The molecule has 0 saturated carbocycles. The van der Waals surface area contributed by atoms with Crippen LogP contribution in [0.3, 0.4) is 0 Å². The van der Waals surface area contributed by atoms with E-state index in [4.69, 9.17) is 5.11 Å². The highest BCUT2D eigenvalue weighted by atomic mass is 16.4. The summed E-state index contributed by atoms with van der Waals surface area (Å²) in [5, 5.41) is 12.1. The molecule has 0 heterocycles. The van der Waals surface area contributed by atoms with Gasteiger partial charge in [0.25, 0.3) is 0 Å². The Bertz CT molecular complexity index is 420. The molecule has 0 saturated heterocycles. The summed E-state index contributed by atoms with van der Waals surface area (Å²) in [4.78, 5) is 23.6. The van der Waals surface area contributed by atoms with Crippen LogP contribution in [0.2, 0.25) is 0 Å². The first-order chi connectivity index (χ1) is 13.5. The van der Waals surface area contributed by atoms with Gasteiger partial charge < -0.3 is 10.4 Å². The second-order valence-electron chi connectivity index (χ2n) is 8.06. The molecule has 2 atom stereocenters. The zero-order valence-corrected chi connectivity index (χ0v) is 18.7. The molecule has 0 aliphatic heterocycles. The van der Waals surface area contributed by atoms with E-state index >= 15 is 0 Å². The molecule has 4 nitrogen and oxygen atoms in total. The standard InChI is InChI=1S/C24H45NO3/c1-4-7-9-10-11-12-13-14-15-16-18-22(19-23(26)27)24(28)25-20-21(6-3)17-8-5-2/h16,18,21-22H,4-15,17,19-20H2,1-3H3,(H,25,28)(H,26,27)/b18-16+. The van der Waals surface area contributed by atoms with Crippen LogP contribution >= 0.6 is 0 Å². The highest BCUT2D eigenvalue weighted by Gasteiger charge is 2.19. The minimum atomic E-state index is -0.921. The zero-order valence-electron chi connectivity index (χ0n) is 18.7. The second kappa shape index (κ2) is 19.0. The maximum atomic E-state index is 12.4. The average molecular weight is 396 g/mol. The van der Waals surface area contributed by atoms with Crippen LogP contribution in [0.25, 0.3) is 0 Å². The lowest BCUT2D eigenvalue weighted by molar-refractivity contribution is -0.140. The summed E-state index contributed by atoms with van der Waals surface area (Å²) in [5.74, 6) is -1.15. The fourth-order valence-corrected chi connectivity index (χ4v) is 3.41. The molecule has 0 aliphatic carbocycles. The van der Waals surface area contributed by atoms with Gasteiger partial charge in [0, 0.05) is 6.54 Å². The summed E-state index contributed by atoms with van der Waals surface area (Å²) in [6.45, 7) is 7.20. The molecule has 0 aliphatic rings. The first-order valence-electron chi connectivity index (χ1n) is 11.7. The molecule has 28 heavy (non-hydrogen) atoms. The van der Waals surface area contributed by atoms with Crippen LogP contribution in [-0.4, -0.2) is 23.5 Å². The SMILES string of the molecule is CCCCCCCCCC/C=C/C(CC(=O)O)C(=O)NCC(CC)CCCC. The lowest BCUT2D eigenvalue weighted by Gasteiger charge is -2.17. The largest absolute Gasteiger partial charge is 0.481 e. The van der Waals surface area contributed by atoms with Crippen molar-refractivity contribution in [1.82, 2.24) is 5.32 Å². The number of carboxylic acids is 1. The fourth-order valence-electron chi connectivity index (χ4n) is 3.41. The van der Waals surface area contributed by atoms with Crippen molar-refractivity contribution in [3.8, 4) is 0 Å². The van der Waals surface area contributed by atoms with Gasteiger partial charge >= 0.3 is 5.97 Å². The molecule has 0 bridgehead atoms. The van der Waals surface area contributed by atoms with Crippen LogP contribution in [0.4, 0.5) is 0 Å². The summed E-state index contributed by atoms with van der Waals surface area (Å²) < 4.78 is 0. The Balaban J connectivity index is 4.18. The number of carbonyl (C=O) groups is 2. The lowest BCUT2D eigenvalue weighted by atomic mass is 9.98. The number of carbonyl (C=O) groups excluding carboxylic acids is 1. The molecule has 0 spiro atoms. The molecule has 0 aromatic carbocycles. The maximum absolute atomic E-state index is 12.4. The maximum Gasteiger partial charge on any atom is 0.304 e. The number of nitrogens with one attached hydrogen (secondary N) is 1. The average Bonchev–Trinajstić information content (AvgIpc) is 2.68. The zero-order chi connectivity index (χ0) is 21.0. The molecule has 1 amide bonds. The molecular weight excluding hydrogens is 350 g/mol. The number of aliphatic carboxylic acids is 1. The van der Waals surface area contributed by atoms with E-state index in [0.29, 0.717) is 12.5 Å². The molecule has 164 valence electrons. The Morgan fingerprint density at radius 1 is 0.893 bits per heavy atom. The van der Waals surface area contributed by atoms with Crippen molar-refractivity contribution in [3.63, 3.8) is 0 Å². The monoisotopic (exact) mass is 395 g/mol. The van der Waals surface area contributed by atoms with E-state index in [1.807, 2.05) is 6.08 Å². The summed E-state index contributed by atoms with van der Waals surface area (Å²) in [6, 6.07) is 0. The molecule has 4 heteroatoms. The Morgan fingerprint density at radius 3 is 2.07 bits per heavy atom. The van der Waals surface area contributed by atoms with Crippen molar-refractivity contribution in [2.45, 2.75) is 111 Å². The summed E-state index contributed by atoms with van der Waals surface area (Å²) >= 11 is 0. The second-order valence-corrected chi connectivity index (χ2v) is 8.06. The molecule has 0 aromatic rings. The Labute approximate surface area is 173 Å². The quantitative estimate of drug-likeness (QED) is 0.194. The highest BCUT2D eigenvalue weighted by molar-refractivity contribution is 5.84. The molecule has 0 radical (unpaired) electrons. The van der Waals surface area contributed by atoms with E-state index < -0.39 is 11.9 Å². The van der Waals surface area contributed by atoms with Crippen LogP contribution in [0.1, 0.15) is 111 Å². The smallest absolute Gasteiger partial charge is 0.304 e. The van der Waals surface area contributed by atoms with Gasteiger partial charge in [-0.05, 0) is 25.2 Å². The first-order valence-corrected chi connectivity index (χ1v) is 11.7. The first kappa shape index (κ1) is 26.7. The van der Waals surface area contributed by atoms with Crippen LogP contribution in [0.5, 0.6) is 0 Å². The van der Waals surface area contributed by atoms with E-state index in [0.717, 1.165) is 32.1 Å². The van der Waals surface area contributed by atoms with Gasteiger partial charge in [0.2, 0.25) is 5.91 Å². The van der Waals surface area contributed by atoms with Crippen molar-refractivity contribution in [3.05, 3.63) is 12.2 Å².